The molecule has 0 atom stereocenters. The highest BCUT2D eigenvalue weighted by Gasteiger charge is 2.24. The Kier molecular flexibility index (Phi) is 3.90. The maximum Gasteiger partial charge on any atom is 0.237 e. The monoisotopic (exact) mass is 248 g/mol. The zero-order valence-corrected chi connectivity index (χ0v) is 9.98. The average Bonchev–Trinajstić information content (AvgIpc) is 2.62. The van der Waals surface area contributed by atoms with E-state index in [0.29, 0.717) is 18.3 Å². The molecule has 0 aromatic carbocycles. The Bertz CT molecular complexity index is 356. The number of aromatic nitrogens is 1. The molecule has 1 aromatic rings. The van der Waals surface area contributed by atoms with Crippen LogP contribution in [0.25, 0.3) is 0 Å². The SMILES string of the molecule is CN1CN(Cc2cnc(N)s2)CC1=O.Cl. The average molecular weight is 249 g/mol. The van der Waals surface area contributed by atoms with Crippen LogP contribution in [0.2, 0.25) is 0 Å². The first-order valence-corrected chi connectivity index (χ1v) is 5.13. The van der Waals surface area contributed by atoms with E-state index in [1.807, 2.05) is 7.05 Å². The first-order valence-electron chi connectivity index (χ1n) is 4.31. The van der Waals surface area contributed by atoms with Crippen LogP contribution < -0.4 is 5.73 Å². The van der Waals surface area contributed by atoms with Crippen molar-refractivity contribution in [2.75, 3.05) is 26.0 Å². The maximum absolute atomic E-state index is 11.2. The zero-order valence-electron chi connectivity index (χ0n) is 8.34. The minimum Gasteiger partial charge on any atom is -0.375 e. The Labute approximate surface area is 98.3 Å². The predicted octanol–water partition coefficient (Wildman–Crippen LogP) is 0.379. The van der Waals surface area contributed by atoms with Crippen molar-refractivity contribution in [3.8, 4) is 0 Å². The minimum absolute atomic E-state index is 0. The topological polar surface area (TPSA) is 62.5 Å². The number of hydrogen-bond acceptors (Lipinski definition) is 5. The van der Waals surface area contributed by atoms with Gasteiger partial charge in [0.25, 0.3) is 0 Å². The second-order valence-corrected chi connectivity index (χ2v) is 4.53. The van der Waals surface area contributed by atoms with Gasteiger partial charge >= 0.3 is 0 Å². The molecule has 1 aliphatic heterocycles. The van der Waals surface area contributed by atoms with Gasteiger partial charge < -0.3 is 10.6 Å². The van der Waals surface area contributed by atoms with Gasteiger partial charge in [0.15, 0.2) is 5.13 Å². The number of carbonyl (C=O) groups excluding carboxylic acids is 1. The molecule has 0 aliphatic carbocycles. The molecule has 1 aromatic heterocycles. The van der Waals surface area contributed by atoms with Crippen molar-refractivity contribution >= 4 is 34.8 Å². The quantitative estimate of drug-likeness (QED) is 0.822. The fourth-order valence-electron chi connectivity index (χ4n) is 1.46. The fourth-order valence-corrected chi connectivity index (χ4v) is 2.19. The van der Waals surface area contributed by atoms with Gasteiger partial charge in [0.05, 0.1) is 13.2 Å². The number of nitrogens with two attached hydrogens (primary N) is 1. The molecule has 0 bridgehead atoms. The molecule has 5 nitrogen and oxygen atoms in total. The second kappa shape index (κ2) is 4.78. The van der Waals surface area contributed by atoms with E-state index in [9.17, 15) is 4.79 Å². The number of anilines is 1. The molecule has 1 aliphatic rings. The lowest BCUT2D eigenvalue weighted by atomic mass is 10.5. The number of halogens is 1. The number of hydrogen-bond donors (Lipinski definition) is 1. The maximum atomic E-state index is 11.2. The normalized spacial score (nSPS) is 16.9. The van der Waals surface area contributed by atoms with Crippen LogP contribution in [0, 0.1) is 0 Å². The molecule has 0 saturated carbocycles. The third-order valence-corrected chi connectivity index (χ3v) is 2.96. The molecule has 7 heteroatoms. The number of rotatable bonds is 2. The van der Waals surface area contributed by atoms with Gasteiger partial charge in [0, 0.05) is 24.7 Å². The molecule has 0 unspecified atom stereocenters. The van der Waals surface area contributed by atoms with E-state index in [4.69, 9.17) is 5.73 Å². The highest BCUT2D eigenvalue weighted by Crippen LogP contribution is 2.18. The first-order chi connectivity index (χ1) is 6.65. The Balaban J connectivity index is 0.00000112. The molecular formula is C8H13ClN4OS. The Morgan fingerprint density at radius 1 is 1.67 bits per heavy atom. The number of carbonyl (C=O) groups is 1. The molecule has 0 radical (unpaired) electrons. The molecule has 1 saturated heterocycles. The van der Waals surface area contributed by atoms with Crippen molar-refractivity contribution in [3.05, 3.63) is 11.1 Å². The third kappa shape index (κ3) is 2.80. The van der Waals surface area contributed by atoms with E-state index >= 15 is 0 Å². The van der Waals surface area contributed by atoms with Crippen LogP contribution in [0.5, 0.6) is 0 Å². The Morgan fingerprint density at radius 3 is 2.87 bits per heavy atom. The number of likely N-dealkylation sites (N-methyl/N-ethyl adjacent to an activating group) is 1. The van der Waals surface area contributed by atoms with E-state index in [2.05, 4.69) is 9.88 Å². The summed E-state index contributed by atoms with van der Waals surface area (Å²) in [6.07, 6.45) is 1.77. The fraction of sp³-hybridized carbons (Fsp3) is 0.500. The van der Waals surface area contributed by atoms with E-state index in [-0.39, 0.29) is 18.3 Å². The third-order valence-electron chi connectivity index (χ3n) is 2.15. The van der Waals surface area contributed by atoms with Gasteiger partial charge in [-0.05, 0) is 0 Å². The minimum atomic E-state index is 0. The largest absolute Gasteiger partial charge is 0.375 e. The van der Waals surface area contributed by atoms with E-state index in [0.717, 1.165) is 11.4 Å². The zero-order chi connectivity index (χ0) is 10.1. The van der Waals surface area contributed by atoms with Crippen LogP contribution in [0.3, 0.4) is 0 Å². The van der Waals surface area contributed by atoms with Crippen molar-refractivity contribution in [1.82, 2.24) is 14.8 Å². The van der Waals surface area contributed by atoms with Gasteiger partial charge in [0.2, 0.25) is 5.91 Å². The number of nitrogens with zero attached hydrogens (tertiary/aromatic N) is 3. The lowest BCUT2D eigenvalue weighted by Crippen LogP contribution is -2.22. The van der Waals surface area contributed by atoms with Crippen LogP contribution in [0.1, 0.15) is 4.88 Å². The van der Waals surface area contributed by atoms with Crippen LogP contribution in [0.15, 0.2) is 6.20 Å². The summed E-state index contributed by atoms with van der Waals surface area (Å²) < 4.78 is 0. The summed E-state index contributed by atoms with van der Waals surface area (Å²) in [5, 5.41) is 0.582. The van der Waals surface area contributed by atoms with Crippen LogP contribution >= 0.6 is 23.7 Å². The summed E-state index contributed by atoms with van der Waals surface area (Å²) in [6, 6.07) is 0. The van der Waals surface area contributed by atoms with Gasteiger partial charge in [-0.25, -0.2) is 4.98 Å². The molecule has 0 spiro atoms. The molecule has 1 fully saturated rings. The van der Waals surface area contributed by atoms with E-state index < -0.39 is 0 Å². The Morgan fingerprint density at radius 2 is 2.40 bits per heavy atom. The number of thiazole rings is 1. The van der Waals surface area contributed by atoms with Crippen molar-refractivity contribution < 1.29 is 4.79 Å². The van der Waals surface area contributed by atoms with Crippen molar-refractivity contribution in [1.29, 1.82) is 0 Å². The van der Waals surface area contributed by atoms with Gasteiger partial charge in [-0.2, -0.15) is 0 Å². The lowest BCUT2D eigenvalue weighted by molar-refractivity contribution is -0.125. The van der Waals surface area contributed by atoms with E-state index in [1.165, 1.54) is 11.3 Å². The first kappa shape index (κ1) is 12.2. The van der Waals surface area contributed by atoms with Gasteiger partial charge in [-0.3, -0.25) is 9.69 Å². The van der Waals surface area contributed by atoms with Crippen molar-refractivity contribution in [3.63, 3.8) is 0 Å². The molecule has 2 heterocycles. The van der Waals surface area contributed by atoms with Crippen molar-refractivity contribution in [2.45, 2.75) is 6.54 Å². The number of amides is 1. The number of nitrogen functional groups attached to an aromatic ring is 1. The summed E-state index contributed by atoms with van der Waals surface area (Å²) in [7, 11) is 1.81. The summed E-state index contributed by atoms with van der Waals surface area (Å²) in [5.74, 6) is 0.169. The molecule has 1 amide bonds. The lowest BCUT2D eigenvalue weighted by Gasteiger charge is -2.12. The van der Waals surface area contributed by atoms with Crippen LogP contribution in [0.4, 0.5) is 5.13 Å². The molecule has 2 N–H and O–H groups in total. The summed E-state index contributed by atoms with van der Waals surface area (Å²) >= 11 is 1.47. The van der Waals surface area contributed by atoms with E-state index in [1.54, 1.807) is 11.1 Å². The molecule has 84 valence electrons. The molecular weight excluding hydrogens is 236 g/mol. The van der Waals surface area contributed by atoms with Crippen LogP contribution in [-0.2, 0) is 11.3 Å². The van der Waals surface area contributed by atoms with Gasteiger partial charge in [-0.1, -0.05) is 0 Å². The highest BCUT2D eigenvalue weighted by atomic mass is 35.5. The van der Waals surface area contributed by atoms with Gasteiger partial charge in [-0.15, -0.1) is 23.7 Å². The van der Waals surface area contributed by atoms with Crippen LogP contribution in [-0.4, -0.2) is 41.0 Å². The standard InChI is InChI=1S/C8H12N4OS.ClH/c1-11-5-12(4-7(11)13)3-6-2-10-8(9)14-6;/h2H,3-5H2,1H3,(H2,9,10);1H. The smallest absolute Gasteiger partial charge is 0.237 e. The summed E-state index contributed by atoms with van der Waals surface area (Å²) in [4.78, 5) is 20.1. The van der Waals surface area contributed by atoms with Crippen molar-refractivity contribution in [2.24, 2.45) is 0 Å². The molecule has 2 rings (SSSR count). The molecule has 15 heavy (non-hydrogen) atoms. The highest BCUT2D eigenvalue weighted by molar-refractivity contribution is 7.15. The van der Waals surface area contributed by atoms with Gasteiger partial charge in [0.1, 0.15) is 0 Å². The summed E-state index contributed by atoms with van der Waals surface area (Å²) in [6.45, 7) is 1.94. The Hall–Kier alpha value is -0.850. The second-order valence-electron chi connectivity index (χ2n) is 3.38. The summed E-state index contributed by atoms with van der Waals surface area (Å²) in [5.41, 5.74) is 5.52. The predicted molar refractivity (Wildman–Crippen MR) is 61.8 cm³/mol.